The Kier molecular flexibility index (Phi) is 3.93. The second-order valence-corrected chi connectivity index (χ2v) is 3.45. The van der Waals surface area contributed by atoms with Crippen LogP contribution in [0.25, 0.3) is 0 Å². The molecule has 0 unspecified atom stereocenters. The van der Waals surface area contributed by atoms with E-state index in [1.54, 1.807) is 24.5 Å². The van der Waals surface area contributed by atoms with Gasteiger partial charge in [-0.15, -0.1) is 0 Å². The van der Waals surface area contributed by atoms with Crippen LogP contribution in [0.5, 0.6) is 0 Å². The molecule has 0 spiro atoms. The van der Waals surface area contributed by atoms with Crippen molar-refractivity contribution >= 4 is 5.91 Å². The minimum Gasteiger partial charge on any atom is -0.459 e. The number of amides is 1. The molecular weight excluding hydrogens is 220 g/mol. The van der Waals surface area contributed by atoms with E-state index in [4.69, 9.17) is 4.42 Å². The van der Waals surface area contributed by atoms with Crippen LogP contribution in [-0.2, 0) is 6.54 Å². The largest absolute Gasteiger partial charge is 0.459 e. The van der Waals surface area contributed by atoms with E-state index >= 15 is 0 Å². The summed E-state index contributed by atoms with van der Waals surface area (Å²) in [6.07, 6.45) is 4.95. The molecule has 1 amide bonds. The monoisotopic (exact) mass is 234 g/mol. The molecular formula is C11H14N4O2. The topological polar surface area (TPSA) is 83.0 Å². The van der Waals surface area contributed by atoms with Gasteiger partial charge >= 0.3 is 0 Å². The van der Waals surface area contributed by atoms with Crippen molar-refractivity contribution in [3.05, 3.63) is 42.4 Å². The summed E-state index contributed by atoms with van der Waals surface area (Å²) in [4.78, 5) is 18.5. The molecule has 0 saturated carbocycles. The van der Waals surface area contributed by atoms with Crippen molar-refractivity contribution in [3.63, 3.8) is 0 Å². The van der Waals surface area contributed by atoms with Crippen LogP contribution in [0.3, 0.4) is 0 Å². The summed E-state index contributed by atoms with van der Waals surface area (Å²) in [7, 11) is 0. The second kappa shape index (κ2) is 5.86. The zero-order valence-electron chi connectivity index (χ0n) is 9.27. The van der Waals surface area contributed by atoms with Crippen LogP contribution < -0.4 is 10.6 Å². The van der Waals surface area contributed by atoms with Crippen molar-refractivity contribution in [1.82, 2.24) is 20.6 Å². The first-order chi connectivity index (χ1) is 8.36. The molecule has 0 aromatic carbocycles. The van der Waals surface area contributed by atoms with Crippen LogP contribution in [0, 0.1) is 0 Å². The molecule has 6 nitrogen and oxygen atoms in total. The van der Waals surface area contributed by atoms with Gasteiger partial charge in [0.2, 0.25) is 0 Å². The number of aromatic amines is 1. The lowest BCUT2D eigenvalue weighted by molar-refractivity contribution is 0.0926. The quantitative estimate of drug-likeness (QED) is 0.636. The maximum absolute atomic E-state index is 11.4. The number of carbonyl (C=O) groups excluding carboxylic acids is 1. The van der Waals surface area contributed by atoms with Gasteiger partial charge in [-0.25, -0.2) is 4.98 Å². The van der Waals surface area contributed by atoms with Gasteiger partial charge in [0, 0.05) is 25.5 Å². The number of furan rings is 1. The van der Waals surface area contributed by atoms with Crippen molar-refractivity contribution in [3.8, 4) is 0 Å². The van der Waals surface area contributed by atoms with Crippen molar-refractivity contribution in [2.45, 2.75) is 6.54 Å². The van der Waals surface area contributed by atoms with Gasteiger partial charge in [-0.3, -0.25) is 4.79 Å². The highest BCUT2D eigenvalue weighted by Gasteiger charge is 2.06. The highest BCUT2D eigenvalue weighted by molar-refractivity contribution is 5.91. The van der Waals surface area contributed by atoms with Gasteiger partial charge in [-0.05, 0) is 12.1 Å². The van der Waals surface area contributed by atoms with Gasteiger partial charge in [0.05, 0.1) is 12.8 Å². The Morgan fingerprint density at radius 1 is 1.47 bits per heavy atom. The third kappa shape index (κ3) is 3.46. The Morgan fingerprint density at radius 2 is 2.41 bits per heavy atom. The number of nitrogens with one attached hydrogen (secondary N) is 3. The summed E-state index contributed by atoms with van der Waals surface area (Å²) >= 11 is 0. The summed E-state index contributed by atoms with van der Waals surface area (Å²) in [5, 5.41) is 5.89. The average molecular weight is 234 g/mol. The van der Waals surface area contributed by atoms with Gasteiger partial charge in [0.1, 0.15) is 5.82 Å². The molecule has 3 N–H and O–H groups in total. The smallest absolute Gasteiger partial charge is 0.287 e. The first-order valence-corrected chi connectivity index (χ1v) is 5.37. The predicted molar refractivity (Wildman–Crippen MR) is 61.3 cm³/mol. The van der Waals surface area contributed by atoms with Crippen LogP contribution in [-0.4, -0.2) is 29.0 Å². The SMILES string of the molecule is O=C(NCCNCc1ncc[nH]1)c1ccco1. The van der Waals surface area contributed by atoms with Crippen LogP contribution in [0.1, 0.15) is 16.4 Å². The molecule has 0 radical (unpaired) electrons. The van der Waals surface area contributed by atoms with Crippen LogP contribution in [0.2, 0.25) is 0 Å². The van der Waals surface area contributed by atoms with Crippen molar-refractivity contribution in [2.75, 3.05) is 13.1 Å². The van der Waals surface area contributed by atoms with Crippen LogP contribution in [0.4, 0.5) is 0 Å². The molecule has 2 heterocycles. The first-order valence-electron chi connectivity index (χ1n) is 5.37. The predicted octanol–water partition coefficient (Wildman–Crippen LogP) is 0.522. The Morgan fingerprint density at radius 3 is 3.12 bits per heavy atom. The first kappa shape index (κ1) is 11.4. The van der Waals surface area contributed by atoms with E-state index in [9.17, 15) is 4.79 Å². The molecule has 6 heteroatoms. The fourth-order valence-electron chi connectivity index (χ4n) is 1.36. The van der Waals surface area contributed by atoms with E-state index in [1.165, 1.54) is 6.26 Å². The zero-order chi connectivity index (χ0) is 11.9. The molecule has 0 saturated heterocycles. The van der Waals surface area contributed by atoms with E-state index in [0.717, 1.165) is 5.82 Å². The highest BCUT2D eigenvalue weighted by atomic mass is 16.3. The lowest BCUT2D eigenvalue weighted by Gasteiger charge is -2.04. The molecule has 0 aliphatic heterocycles. The fraction of sp³-hybridized carbons (Fsp3) is 0.273. The molecule has 2 aromatic rings. The number of carbonyl (C=O) groups is 1. The molecule has 17 heavy (non-hydrogen) atoms. The van der Waals surface area contributed by atoms with Gasteiger partial charge in [-0.1, -0.05) is 0 Å². The summed E-state index contributed by atoms with van der Waals surface area (Å²) < 4.78 is 4.96. The van der Waals surface area contributed by atoms with Crippen LogP contribution >= 0.6 is 0 Å². The summed E-state index contributed by atoms with van der Waals surface area (Å²) in [5.41, 5.74) is 0. The van der Waals surface area contributed by atoms with Gasteiger partial charge in [0.15, 0.2) is 5.76 Å². The van der Waals surface area contributed by atoms with Gasteiger partial charge < -0.3 is 20.0 Å². The lowest BCUT2D eigenvalue weighted by Crippen LogP contribution is -2.31. The maximum Gasteiger partial charge on any atom is 0.287 e. The Hall–Kier alpha value is -2.08. The highest BCUT2D eigenvalue weighted by Crippen LogP contribution is 1.98. The molecule has 0 fully saturated rings. The Labute approximate surface area is 98.4 Å². The molecule has 90 valence electrons. The van der Waals surface area contributed by atoms with E-state index < -0.39 is 0 Å². The normalized spacial score (nSPS) is 10.4. The Bertz CT molecular complexity index is 436. The van der Waals surface area contributed by atoms with Crippen molar-refractivity contribution < 1.29 is 9.21 Å². The third-order valence-corrected chi connectivity index (χ3v) is 2.18. The zero-order valence-corrected chi connectivity index (χ0v) is 9.27. The number of H-pyrrole nitrogens is 1. The average Bonchev–Trinajstić information content (AvgIpc) is 3.01. The van der Waals surface area contributed by atoms with Crippen molar-refractivity contribution in [1.29, 1.82) is 0 Å². The number of aromatic nitrogens is 2. The molecule has 0 aliphatic rings. The lowest BCUT2D eigenvalue weighted by atomic mass is 10.4. The molecule has 0 atom stereocenters. The summed E-state index contributed by atoms with van der Waals surface area (Å²) in [6.45, 7) is 1.87. The fourth-order valence-corrected chi connectivity index (χ4v) is 1.36. The van der Waals surface area contributed by atoms with Gasteiger partial charge in [0.25, 0.3) is 5.91 Å². The van der Waals surface area contributed by atoms with E-state index in [0.29, 0.717) is 25.4 Å². The standard InChI is InChI=1S/C11H14N4O2/c16-11(9-2-1-7-17-9)15-4-3-12-8-10-13-5-6-14-10/h1-2,5-7,12H,3-4,8H2,(H,13,14)(H,15,16). The molecule has 0 bridgehead atoms. The second-order valence-electron chi connectivity index (χ2n) is 3.45. The van der Waals surface area contributed by atoms with E-state index in [2.05, 4.69) is 20.6 Å². The van der Waals surface area contributed by atoms with E-state index in [1.807, 2.05) is 0 Å². The number of hydrogen-bond acceptors (Lipinski definition) is 4. The number of hydrogen-bond donors (Lipinski definition) is 3. The minimum absolute atomic E-state index is 0.199. The Balaban J connectivity index is 1.59. The van der Waals surface area contributed by atoms with Gasteiger partial charge in [-0.2, -0.15) is 0 Å². The minimum atomic E-state index is -0.199. The summed E-state index contributed by atoms with van der Waals surface area (Å²) in [5.74, 6) is 1.01. The molecule has 0 aliphatic carbocycles. The van der Waals surface area contributed by atoms with Crippen molar-refractivity contribution in [2.24, 2.45) is 0 Å². The number of nitrogens with zero attached hydrogens (tertiary/aromatic N) is 1. The maximum atomic E-state index is 11.4. The van der Waals surface area contributed by atoms with Crippen LogP contribution in [0.15, 0.2) is 35.2 Å². The number of rotatable bonds is 6. The van der Waals surface area contributed by atoms with E-state index in [-0.39, 0.29) is 5.91 Å². The number of imidazole rings is 1. The summed E-state index contributed by atoms with van der Waals surface area (Å²) in [6, 6.07) is 3.32. The third-order valence-electron chi connectivity index (χ3n) is 2.18. The molecule has 2 rings (SSSR count). The molecule has 2 aromatic heterocycles.